The van der Waals surface area contributed by atoms with Gasteiger partial charge < -0.3 is 4.74 Å². The van der Waals surface area contributed by atoms with E-state index in [1.54, 1.807) is 6.07 Å². The quantitative estimate of drug-likeness (QED) is 0.157. The van der Waals surface area contributed by atoms with E-state index in [4.69, 9.17) is 0 Å². The fraction of sp³-hybridized carbons (Fsp3) is 0.312. The zero-order chi connectivity index (χ0) is 29.5. The maximum atomic E-state index is 15.1. The average Bonchev–Trinajstić information content (AvgIpc) is 2.92. The molecular formula is C32H26F8O. The van der Waals surface area contributed by atoms with E-state index < -0.39 is 63.5 Å². The van der Waals surface area contributed by atoms with Gasteiger partial charge in [0.15, 0.2) is 17.5 Å². The Bertz CT molecular complexity index is 1570. The van der Waals surface area contributed by atoms with Crippen molar-refractivity contribution in [1.82, 2.24) is 0 Å². The third-order valence-electron chi connectivity index (χ3n) is 7.85. The zero-order valence-corrected chi connectivity index (χ0v) is 22.0. The molecular weight excluding hydrogens is 552 g/mol. The van der Waals surface area contributed by atoms with Gasteiger partial charge in [0.25, 0.3) is 0 Å². The van der Waals surface area contributed by atoms with Crippen molar-refractivity contribution >= 4 is 10.8 Å². The third kappa shape index (κ3) is 5.76. The highest BCUT2D eigenvalue weighted by Gasteiger charge is 2.37. The molecule has 0 aliphatic heterocycles. The summed E-state index contributed by atoms with van der Waals surface area (Å²) in [5.74, 6) is -8.26. The molecule has 5 rings (SSSR count). The van der Waals surface area contributed by atoms with Crippen molar-refractivity contribution in [1.29, 1.82) is 0 Å². The topological polar surface area (TPSA) is 9.23 Å². The molecule has 0 unspecified atom stereocenters. The van der Waals surface area contributed by atoms with Gasteiger partial charge in [-0.15, -0.1) is 0 Å². The van der Waals surface area contributed by atoms with Crippen LogP contribution in [0.3, 0.4) is 0 Å². The van der Waals surface area contributed by atoms with E-state index in [1.807, 2.05) is 0 Å². The monoisotopic (exact) mass is 578 g/mol. The molecule has 1 fully saturated rings. The van der Waals surface area contributed by atoms with Gasteiger partial charge in [-0.2, -0.15) is 8.78 Å². The van der Waals surface area contributed by atoms with E-state index in [0.717, 1.165) is 62.3 Å². The van der Waals surface area contributed by atoms with Crippen molar-refractivity contribution in [2.75, 3.05) is 0 Å². The first kappa shape index (κ1) is 28.9. The van der Waals surface area contributed by atoms with E-state index >= 15 is 13.2 Å². The lowest BCUT2D eigenvalue weighted by Crippen LogP contribution is -2.22. The van der Waals surface area contributed by atoms with Gasteiger partial charge >= 0.3 is 6.11 Å². The summed E-state index contributed by atoms with van der Waals surface area (Å²) in [4.78, 5) is 0. The first-order valence-corrected chi connectivity index (χ1v) is 13.4. The Balaban J connectivity index is 1.38. The van der Waals surface area contributed by atoms with Crippen LogP contribution in [-0.2, 0) is 6.11 Å². The Hall–Kier alpha value is -3.62. The molecule has 41 heavy (non-hydrogen) atoms. The largest absolute Gasteiger partial charge is 0.429 e. The Morgan fingerprint density at radius 3 is 2.05 bits per heavy atom. The standard InChI is InChI=1S/C32H26F8O/c1-2-3-17-4-6-18(7-5-17)19-8-10-24(25(33)13-19)29-26(34)15-21(16-27(29)35)32(39,40)41-22-9-11-23-20(12-22)14-28(36)31(38)30(23)37/h8-18H,2-7H2,1H3. The molecule has 0 atom stereocenters. The van der Waals surface area contributed by atoms with Gasteiger partial charge in [-0.25, -0.2) is 26.3 Å². The van der Waals surface area contributed by atoms with Gasteiger partial charge in [0, 0.05) is 10.9 Å². The molecule has 0 radical (unpaired) electrons. The third-order valence-corrected chi connectivity index (χ3v) is 7.85. The summed E-state index contributed by atoms with van der Waals surface area (Å²) in [5, 5.41) is -0.645. The molecule has 1 aliphatic carbocycles. The van der Waals surface area contributed by atoms with Crippen LogP contribution in [0.1, 0.15) is 62.5 Å². The maximum Gasteiger partial charge on any atom is 0.426 e. The van der Waals surface area contributed by atoms with Crippen molar-refractivity contribution in [2.45, 2.75) is 57.5 Å². The van der Waals surface area contributed by atoms with Crippen LogP contribution in [0.5, 0.6) is 5.75 Å². The van der Waals surface area contributed by atoms with Crippen LogP contribution in [0.15, 0.2) is 54.6 Å². The highest BCUT2D eigenvalue weighted by Crippen LogP contribution is 2.41. The molecule has 0 saturated heterocycles. The lowest BCUT2D eigenvalue weighted by Gasteiger charge is -2.28. The number of benzene rings is 4. The van der Waals surface area contributed by atoms with Gasteiger partial charge in [0.05, 0.1) is 11.1 Å². The van der Waals surface area contributed by atoms with Crippen molar-refractivity contribution < 1.29 is 39.9 Å². The predicted molar refractivity (Wildman–Crippen MR) is 140 cm³/mol. The number of fused-ring (bicyclic) bond motifs is 1. The van der Waals surface area contributed by atoms with Gasteiger partial charge in [0.2, 0.25) is 0 Å². The van der Waals surface area contributed by atoms with Crippen molar-refractivity contribution in [2.24, 2.45) is 5.92 Å². The lowest BCUT2D eigenvalue weighted by atomic mass is 9.77. The molecule has 9 heteroatoms. The van der Waals surface area contributed by atoms with E-state index in [-0.39, 0.29) is 16.7 Å². The minimum atomic E-state index is -4.29. The first-order chi connectivity index (χ1) is 19.5. The number of alkyl halides is 2. The Kier molecular flexibility index (Phi) is 7.99. The molecule has 4 aromatic rings. The van der Waals surface area contributed by atoms with Crippen molar-refractivity contribution in [3.8, 4) is 16.9 Å². The van der Waals surface area contributed by atoms with Gasteiger partial charge in [-0.05, 0) is 90.9 Å². The van der Waals surface area contributed by atoms with Crippen LogP contribution < -0.4 is 4.74 Å². The molecule has 0 N–H and O–H groups in total. The van der Waals surface area contributed by atoms with Crippen molar-refractivity contribution in [3.05, 3.63) is 101 Å². The molecule has 0 heterocycles. The fourth-order valence-electron chi connectivity index (χ4n) is 5.73. The molecule has 0 spiro atoms. The highest BCUT2D eigenvalue weighted by molar-refractivity contribution is 5.84. The Morgan fingerprint density at radius 1 is 0.732 bits per heavy atom. The minimum absolute atomic E-state index is 0.140. The van der Waals surface area contributed by atoms with Crippen LogP contribution in [0.2, 0.25) is 0 Å². The molecule has 1 aliphatic rings. The van der Waals surface area contributed by atoms with Crippen LogP contribution in [0.4, 0.5) is 35.1 Å². The number of rotatable bonds is 7. The summed E-state index contributed by atoms with van der Waals surface area (Å²) in [5.41, 5.74) is -1.66. The molecule has 4 aromatic carbocycles. The van der Waals surface area contributed by atoms with Gasteiger partial charge in [0.1, 0.15) is 23.2 Å². The van der Waals surface area contributed by atoms with E-state index in [0.29, 0.717) is 24.1 Å². The zero-order valence-electron chi connectivity index (χ0n) is 22.0. The predicted octanol–water partition coefficient (Wildman–Crippen LogP) is 10.5. The van der Waals surface area contributed by atoms with Gasteiger partial charge in [-0.1, -0.05) is 31.9 Å². The highest BCUT2D eigenvalue weighted by atomic mass is 19.3. The summed E-state index contributed by atoms with van der Waals surface area (Å²) >= 11 is 0. The average molecular weight is 579 g/mol. The summed E-state index contributed by atoms with van der Waals surface area (Å²) in [7, 11) is 0. The molecule has 0 bridgehead atoms. The summed E-state index contributed by atoms with van der Waals surface area (Å²) in [6.45, 7) is 2.14. The lowest BCUT2D eigenvalue weighted by molar-refractivity contribution is -0.185. The number of hydrogen-bond donors (Lipinski definition) is 0. The summed E-state index contributed by atoms with van der Waals surface area (Å²) in [6.07, 6.45) is 1.84. The van der Waals surface area contributed by atoms with Gasteiger partial charge in [-0.3, -0.25) is 0 Å². The molecule has 1 saturated carbocycles. The smallest absolute Gasteiger partial charge is 0.426 e. The first-order valence-electron chi connectivity index (χ1n) is 13.4. The normalized spacial score (nSPS) is 17.7. The summed E-state index contributed by atoms with van der Waals surface area (Å²) < 4.78 is 121. The Morgan fingerprint density at radius 2 is 1.41 bits per heavy atom. The van der Waals surface area contributed by atoms with Crippen LogP contribution in [0, 0.1) is 40.8 Å². The van der Waals surface area contributed by atoms with E-state index in [1.165, 1.54) is 12.1 Å². The molecule has 0 aromatic heterocycles. The minimum Gasteiger partial charge on any atom is -0.429 e. The fourth-order valence-corrected chi connectivity index (χ4v) is 5.73. The SMILES string of the molecule is CCCC1CCC(c2ccc(-c3c(F)cc(C(F)(F)Oc4ccc5c(F)c(F)c(F)cc5c4)cc3F)c(F)c2)CC1. The van der Waals surface area contributed by atoms with Crippen molar-refractivity contribution in [3.63, 3.8) is 0 Å². The second-order valence-electron chi connectivity index (χ2n) is 10.5. The van der Waals surface area contributed by atoms with Crippen LogP contribution in [-0.4, -0.2) is 0 Å². The number of halogens is 8. The molecule has 1 nitrogen and oxygen atoms in total. The summed E-state index contributed by atoms with van der Waals surface area (Å²) in [6, 6.07) is 8.04. The Labute approximate surface area is 231 Å². The molecule has 0 amide bonds. The van der Waals surface area contributed by atoms with E-state index in [9.17, 15) is 22.0 Å². The number of ether oxygens (including phenoxy) is 1. The maximum absolute atomic E-state index is 15.1. The second kappa shape index (κ2) is 11.3. The van der Waals surface area contributed by atoms with Crippen LogP contribution >= 0.6 is 0 Å². The van der Waals surface area contributed by atoms with Crippen LogP contribution in [0.25, 0.3) is 21.9 Å². The number of hydrogen-bond acceptors (Lipinski definition) is 1. The van der Waals surface area contributed by atoms with E-state index in [2.05, 4.69) is 11.7 Å². The second-order valence-corrected chi connectivity index (χ2v) is 10.5. The molecule has 216 valence electrons.